The Labute approximate surface area is 202 Å². The van der Waals surface area contributed by atoms with Crippen molar-refractivity contribution in [1.82, 2.24) is 30.0 Å². The third-order valence-corrected chi connectivity index (χ3v) is 5.60. The number of nitrogens with zero attached hydrogens (tertiary/aromatic N) is 6. The average molecular weight is 477 g/mol. The minimum Gasteiger partial charge on any atom is -0.461 e. The fourth-order valence-electron chi connectivity index (χ4n) is 3.33. The summed E-state index contributed by atoms with van der Waals surface area (Å²) in [6.45, 7) is 7.38. The fourth-order valence-corrected chi connectivity index (χ4v) is 3.33. The number of amides is 1. The lowest BCUT2D eigenvalue weighted by Gasteiger charge is -2.27. The number of hydrogen-bond donors (Lipinski definition) is 2. The van der Waals surface area contributed by atoms with E-state index in [2.05, 4.69) is 36.9 Å². The van der Waals surface area contributed by atoms with Crippen LogP contribution in [0.25, 0.3) is 16.7 Å². The Hall–Kier alpha value is -4.12. The summed E-state index contributed by atoms with van der Waals surface area (Å²) in [4.78, 5) is 29.9. The smallest absolute Gasteiger partial charge is 0.269 e. The predicted octanol–water partition coefficient (Wildman–Crippen LogP) is 2.36. The van der Waals surface area contributed by atoms with Gasteiger partial charge in [-0.05, 0) is 50.8 Å². The number of carbonyl (C=O) groups excluding carboxylic acids is 1. The van der Waals surface area contributed by atoms with Crippen LogP contribution in [0.2, 0.25) is 0 Å². The molecule has 1 amide bonds. The van der Waals surface area contributed by atoms with E-state index in [1.165, 1.54) is 12.5 Å². The average Bonchev–Trinajstić information content (AvgIpc) is 3.26. The third kappa shape index (κ3) is 5.69. The van der Waals surface area contributed by atoms with Crippen molar-refractivity contribution >= 4 is 22.7 Å². The van der Waals surface area contributed by atoms with Crippen molar-refractivity contribution in [3.63, 3.8) is 0 Å². The molecule has 0 spiro atoms. The molecule has 1 fully saturated rings. The minimum absolute atomic E-state index is 0.0435. The van der Waals surface area contributed by atoms with Gasteiger partial charge >= 0.3 is 0 Å². The summed E-state index contributed by atoms with van der Waals surface area (Å²) in [6, 6.07) is 1.85. The van der Waals surface area contributed by atoms with E-state index in [-0.39, 0.29) is 24.4 Å². The highest BCUT2D eigenvalue weighted by Crippen LogP contribution is 2.26. The number of pyridine rings is 1. The van der Waals surface area contributed by atoms with E-state index < -0.39 is 12.0 Å². The first-order valence-corrected chi connectivity index (χ1v) is 11.3. The summed E-state index contributed by atoms with van der Waals surface area (Å²) in [5.41, 5.74) is 8.88. The summed E-state index contributed by atoms with van der Waals surface area (Å²) in [6.07, 6.45) is 11.5. The van der Waals surface area contributed by atoms with Crippen molar-refractivity contribution in [2.45, 2.75) is 45.3 Å². The molecule has 182 valence electrons. The maximum Gasteiger partial charge on any atom is 0.269 e. The van der Waals surface area contributed by atoms with Gasteiger partial charge in [0.1, 0.15) is 17.5 Å². The highest BCUT2D eigenvalue weighted by atomic mass is 16.5. The van der Waals surface area contributed by atoms with E-state index in [1.54, 1.807) is 36.3 Å². The fraction of sp³-hybridized carbons (Fsp3) is 0.333. The number of rotatable bonds is 10. The van der Waals surface area contributed by atoms with Gasteiger partial charge in [-0.25, -0.2) is 14.6 Å². The normalized spacial score (nSPS) is 15.5. The zero-order valence-electron chi connectivity index (χ0n) is 19.7. The van der Waals surface area contributed by atoms with E-state index in [4.69, 9.17) is 15.2 Å². The van der Waals surface area contributed by atoms with Crippen molar-refractivity contribution < 1.29 is 14.3 Å². The van der Waals surface area contributed by atoms with Crippen LogP contribution < -0.4 is 15.8 Å². The van der Waals surface area contributed by atoms with E-state index >= 15 is 0 Å². The van der Waals surface area contributed by atoms with Crippen LogP contribution in [-0.4, -0.2) is 55.2 Å². The van der Waals surface area contributed by atoms with Gasteiger partial charge < -0.3 is 20.5 Å². The van der Waals surface area contributed by atoms with E-state index in [1.807, 2.05) is 13.0 Å². The Morgan fingerprint density at radius 1 is 1.40 bits per heavy atom. The molecule has 0 aromatic carbocycles. The maximum absolute atomic E-state index is 13.0. The minimum atomic E-state index is -1.00. The summed E-state index contributed by atoms with van der Waals surface area (Å²) in [5.74, 6) is -0.190. The van der Waals surface area contributed by atoms with Crippen LogP contribution in [0.3, 0.4) is 0 Å². The molecule has 0 radical (unpaired) electrons. The monoisotopic (exact) mass is 476 g/mol. The standard InChI is InChI=1S/C24H28N8O3/c1-4-16(3)27-12-21(25)31-23(33)20(13-34-17-6-5-7-17)35-24-18-11-30-32(22(18)28-14-29-24)19-8-9-26-10-15(19)2/h4,8-12,14,17,20H,1,5-7,13,25H2,2-3H3,(H,31,33)/b21-12+,27-16-/t20-/m0/s1. The highest BCUT2D eigenvalue weighted by molar-refractivity contribution is 5.92. The number of carbonyl (C=O) groups is 1. The number of ether oxygens (including phenoxy) is 2. The van der Waals surface area contributed by atoms with Crippen molar-refractivity contribution in [1.29, 1.82) is 0 Å². The summed E-state index contributed by atoms with van der Waals surface area (Å²) in [5, 5.41) is 7.62. The Morgan fingerprint density at radius 3 is 2.94 bits per heavy atom. The molecule has 11 heteroatoms. The molecule has 1 saturated carbocycles. The molecule has 0 bridgehead atoms. The SMILES string of the molecule is C=C/C(C)=N\C=C(/N)NC(=O)[C@H](COC1CCC1)Oc1ncnc2c1cnn2-c1ccncc1C. The molecule has 3 heterocycles. The first kappa shape index (κ1) is 24.0. The molecule has 0 aliphatic heterocycles. The number of aryl methyl sites for hydroxylation is 1. The molecule has 3 aromatic heterocycles. The number of allylic oxidation sites excluding steroid dienone is 1. The largest absolute Gasteiger partial charge is 0.461 e. The van der Waals surface area contributed by atoms with Crippen LogP contribution in [0, 0.1) is 6.92 Å². The quantitative estimate of drug-likeness (QED) is 0.425. The molecular formula is C24H28N8O3. The van der Waals surface area contributed by atoms with Gasteiger partial charge in [0.05, 0.1) is 30.8 Å². The van der Waals surface area contributed by atoms with Crippen molar-refractivity contribution in [2.24, 2.45) is 10.7 Å². The second-order valence-corrected chi connectivity index (χ2v) is 8.18. The van der Waals surface area contributed by atoms with Crippen LogP contribution in [0.5, 0.6) is 5.88 Å². The molecule has 3 aromatic rings. The second kappa shape index (κ2) is 10.9. The second-order valence-electron chi connectivity index (χ2n) is 8.18. The van der Waals surface area contributed by atoms with Gasteiger partial charge in [0, 0.05) is 18.1 Å². The van der Waals surface area contributed by atoms with Crippen LogP contribution in [0.1, 0.15) is 31.7 Å². The zero-order valence-corrected chi connectivity index (χ0v) is 19.7. The van der Waals surface area contributed by atoms with Crippen LogP contribution >= 0.6 is 0 Å². The van der Waals surface area contributed by atoms with Gasteiger partial charge in [-0.1, -0.05) is 6.58 Å². The van der Waals surface area contributed by atoms with Gasteiger partial charge in [0.25, 0.3) is 5.91 Å². The first-order chi connectivity index (χ1) is 17.0. The van der Waals surface area contributed by atoms with E-state index in [0.717, 1.165) is 30.5 Å². The summed E-state index contributed by atoms with van der Waals surface area (Å²) >= 11 is 0. The highest BCUT2D eigenvalue weighted by Gasteiger charge is 2.27. The molecule has 11 nitrogen and oxygen atoms in total. The molecule has 1 aliphatic rings. The molecule has 1 aliphatic carbocycles. The topological polar surface area (TPSA) is 142 Å². The maximum atomic E-state index is 13.0. The lowest BCUT2D eigenvalue weighted by molar-refractivity contribution is -0.132. The molecule has 0 saturated heterocycles. The van der Waals surface area contributed by atoms with E-state index in [0.29, 0.717) is 16.7 Å². The summed E-state index contributed by atoms with van der Waals surface area (Å²) < 4.78 is 13.6. The van der Waals surface area contributed by atoms with Gasteiger partial charge in [0.15, 0.2) is 5.65 Å². The summed E-state index contributed by atoms with van der Waals surface area (Å²) in [7, 11) is 0. The zero-order chi connectivity index (χ0) is 24.8. The van der Waals surface area contributed by atoms with Crippen LogP contribution in [0.4, 0.5) is 0 Å². The number of hydrogen-bond acceptors (Lipinski definition) is 9. The lowest BCUT2D eigenvalue weighted by atomic mass is 9.96. The predicted molar refractivity (Wildman–Crippen MR) is 131 cm³/mol. The number of nitrogens with two attached hydrogens (primary N) is 1. The number of fused-ring (bicyclic) bond motifs is 1. The van der Waals surface area contributed by atoms with Crippen LogP contribution in [-0.2, 0) is 9.53 Å². The van der Waals surface area contributed by atoms with Gasteiger partial charge in [-0.15, -0.1) is 0 Å². The molecule has 0 unspecified atom stereocenters. The number of aromatic nitrogens is 5. The molecule has 3 N–H and O–H groups in total. The van der Waals surface area contributed by atoms with Gasteiger partial charge in [-0.2, -0.15) is 5.10 Å². The molecule has 1 atom stereocenters. The van der Waals surface area contributed by atoms with Gasteiger partial charge in [0.2, 0.25) is 12.0 Å². The van der Waals surface area contributed by atoms with Gasteiger partial charge in [-0.3, -0.25) is 14.8 Å². The van der Waals surface area contributed by atoms with Crippen LogP contribution in [0.15, 0.2) is 60.7 Å². The number of nitrogens with one attached hydrogen (secondary N) is 1. The Kier molecular flexibility index (Phi) is 7.46. The Bertz CT molecular complexity index is 1280. The van der Waals surface area contributed by atoms with Crippen molar-refractivity contribution in [3.8, 4) is 11.6 Å². The van der Waals surface area contributed by atoms with Crippen molar-refractivity contribution in [3.05, 3.63) is 61.2 Å². The first-order valence-electron chi connectivity index (χ1n) is 11.3. The lowest BCUT2D eigenvalue weighted by Crippen LogP contribution is -2.43. The third-order valence-electron chi connectivity index (χ3n) is 5.60. The van der Waals surface area contributed by atoms with Crippen molar-refractivity contribution in [2.75, 3.05) is 6.61 Å². The molecule has 4 rings (SSSR count). The Morgan fingerprint density at radius 2 is 2.23 bits per heavy atom. The number of aliphatic imine (C=N–C) groups is 1. The Balaban J connectivity index is 1.58. The molecule has 35 heavy (non-hydrogen) atoms. The van der Waals surface area contributed by atoms with E-state index in [9.17, 15) is 4.79 Å². The molecular weight excluding hydrogens is 448 g/mol.